The smallest absolute Gasteiger partial charge is 0.407 e. The number of carbonyl (C=O) groups excluding carboxylic acids is 3. The van der Waals surface area contributed by atoms with Crippen LogP contribution < -0.4 is 16.0 Å². The first-order chi connectivity index (χ1) is 15.1. The van der Waals surface area contributed by atoms with Crippen LogP contribution in [0.5, 0.6) is 0 Å². The molecule has 0 heterocycles. The van der Waals surface area contributed by atoms with E-state index in [1.807, 2.05) is 36.4 Å². The minimum atomic E-state index is -0.580. The van der Waals surface area contributed by atoms with Crippen LogP contribution in [-0.4, -0.2) is 30.1 Å². The molecule has 0 aromatic heterocycles. The summed E-state index contributed by atoms with van der Waals surface area (Å²) < 4.78 is 6.10. The van der Waals surface area contributed by atoms with E-state index in [1.165, 1.54) is 6.08 Å². The van der Waals surface area contributed by atoms with Crippen molar-refractivity contribution >= 4 is 45.6 Å². The first-order valence-electron chi connectivity index (χ1n) is 10.2. The van der Waals surface area contributed by atoms with Gasteiger partial charge in [-0.05, 0) is 62.2 Å². The molecule has 0 radical (unpaired) electrons. The third-order valence-corrected chi connectivity index (χ3v) is 4.55. The lowest BCUT2D eigenvalue weighted by molar-refractivity contribution is -0.117. The molecule has 0 spiro atoms. The van der Waals surface area contributed by atoms with Gasteiger partial charge < -0.3 is 20.7 Å². The molecule has 0 unspecified atom stereocenters. The third kappa shape index (κ3) is 10.3. The van der Waals surface area contributed by atoms with Gasteiger partial charge in [0.2, 0.25) is 11.8 Å². The highest BCUT2D eigenvalue weighted by Crippen LogP contribution is 2.12. The second-order valence-electron chi connectivity index (χ2n) is 8.03. The summed E-state index contributed by atoms with van der Waals surface area (Å²) in [7, 11) is 0. The Bertz CT molecular complexity index is 949. The van der Waals surface area contributed by atoms with E-state index in [0.29, 0.717) is 12.2 Å². The zero-order chi connectivity index (χ0) is 23.6. The second kappa shape index (κ2) is 12.0. The quantitative estimate of drug-likeness (QED) is 0.459. The number of ether oxygens (including phenoxy) is 1. The van der Waals surface area contributed by atoms with Gasteiger partial charge in [0, 0.05) is 35.7 Å². The van der Waals surface area contributed by atoms with Crippen molar-refractivity contribution in [3.63, 3.8) is 0 Å². The number of benzene rings is 2. The molecule has 0 atom stereocenters. The van der Waals surface area contributed by atoms with Gasteiger partial charge in [0.1, 0.15) is 5.60 Å². The number of rotatable bonds is 8. The number of hydrogen-bond acceptors (Lipinski definition) is 4. The van der Waals surface area contributed by atoms with E-state index in [-0.39, 0.29) is 24.8 Å². The van der Waals surface area contributed by atoms with Crippen LogP contribution in [0.15, 0.2) is 59.1 Å². The van der Waals surface area contributed by atoms with Crippen LogP contribution in [0.2, 0.25) is 0 Å². The van der Waals surface area contributed by atoms with E-state index in [4.69, 9.17) is 4.74 Å². The zero-order valence-corrected chi connectivity index (χ0v) is 20.0. The largest absolute Gasteiger partial charge is 0.444 e. The normalized spacial score (nSPS) is 11.1. The fourth-order valence-electron chi connectivity index (χ4n) is 2.52. The molecule has 2 rings (SSSR count). The Kier molecular flexibility index (Phi) is 9.46. The third-order valence-electron chi connectivity index (χ3n) is 4.02. The van der Waals surface area contributed by atoms with Crippen molar-refractivity contribution in [3.8, 4) is 0 Å². The van der Waals surface area contributed by atoms with Gasteiger partial charge >= 0.3 is 6.09 Å². The first kappa shape index (κ1) is 25.1. The fourth-order valence-corrected chi connectivity index (χ4v) is 2.78. The SMILES string of the molecule is CC(C)(C)OC(=O)NCCC(=O)Nc1ccc(CNC(=O)/C=C/c2ccc(Br)cc2)cc1. The Morgan fingerprint density at radius 1 is 0.969 bits per heavy atom. The van der Waals surface area contributed by atoms with Crippen molar-refractivity contribution in [1.82, 2.24) is 10.6 Å². The summed E-state index contributed by atoms with van der Waals surface area (Å²) in [5.41, 5.74) is 1.89. The zero-order valence-electron chi connectivity index (χ0n) is 18.4. The molecule has 0 aliphatic heterocycles. The lowest BCUT2D eigenvalue weighted by atomic mass is 10.2. The van der Waals surface area contributed by atoms with E-state index in [2.05, 4.69) is 31.9 Å². The van der Waals surface area contributed by atoms with Crippen LogP contribution in [0.1, 0.15) is 38.3 Å². The van der Waals surface area contributed by atoms with Crippen molar-refractivity contribution in [2.24, 2.45) is 0 Å². The van der Waals surface area contributed by atoms with Gasteiger partial charge in [-0.3, -0.25) is 9.59 Å². The molecule has 7 nitrogen and oxygen atoms in total. The maximum absolute atomic E-state index is 12.0. The topological polar surface area (TPSA) is 96.5 Å². The Morgan fingerprint density at radius 3 is 2.25 bits per heavy atom. The van der Waals surface area contributed by atoms with E-state index in [1.54, 1.807) is 39.0 Å². The molecule has 170 valence electrons. The number of amides is 3. The molecule has 3 N–H and O–H groups in total. The molecule has 0 aliphatic rings. The van der Waals surface area contributed by atoms with Crippen LogP contribution in [-0.2, 0) is 20.9 Å². The van der Waals surface area contributed by atoms with Gasteiger partial charge in [0.15, 0.2) is 0 Å². The van der Waals surface area contributed by atoms with Crippen molar-refractivity contribution < 1.29 is 19.1 Å². The molecule has 8 heteroatoms. The molecule has 0 saturated carbocycles. The molecule has 0 bridgehead atoms. The Balaban J connectivity index is 1.71. The monoisotopic (exact) mass is 501 g/mol. The minimum Gasteiger partial charge on any atom is -0.444 e. The highest BCUT2D eigenvalue weighted by Gasteiger charge is 2.15. The number of anilines is 1. The lowest BCUT2D eigenvalue weighted by Gasteiger charge is -2.19. The molecular weight excluding hydrogens is 474 g/mol. The Morgan fingerprint density at radius 2 is 1.62 bits per heavy atom. The molecule has 0 fully saturated rings. The van der Waals surface area contributed by atoms with Crippen LogP contribution in [0, 0.1) is 0 Å². The van der Waals surface area contributed by atoms with Crippen molar-refractivity contribution in [2.45, 2.75) is 39.3 Å². The fraction of sp³-hybridized carbons (Fsp3) is 0.292. The Hall–Kier alpha value is -3.13. The van der Waals surface area contributed by atoms with Crippen LogP contribution in [0.25, 0.3) is 6.08 Å². The highest BCUT2D eigenvalue weighted by molar-refractivity contribution is 9.10. The summed E-state index contributed by atoms with van der Waals surface area (Å²) in [5.74, 6) is -0.414. The van der Waals surface area contributed by atoms with E-state index < -0.39 is 11.7 Å². The van der Waals surface area contributed by atoms with E-state index in [0.717, 1.165) is 15.6 Å². The summed E-state index contributed by atoms with van der Waals surface area (Å²) in [6.45, 7) is 5.87. The summed E-state index contributed by atoms with van der Waals surface area (Å²) in [5, 5.41) is 8.13. The number of nitrogens with one attached hydrogen (secondary N) is 3. The van der Waals surface area contributed by atoms with Gasteiger partial charge in [-0.2, -0.15) is 0 Å². The molecule has 2 aromatic carbocycles. The van der Waals surface area contributed by atoms with Gasteiger partial charge in [0.05, 0.1) is 0 Å². The summed E-state index contributed by atoms with van der Waals surface area (Å²) in [6.07, 6.45) is 2.81. The predicted molar refractivity (Wildman–Crippen MR) is 129 cm³/mol. The highest BCUT2D eigenvalue weighted by atomic mass is 79.9. The number of carbonyl (C=O) groups is 3. The second-order valence-corrected chi connectivity index (χ2v) is 8.94. The summed E-state index contributed by atoms with van der Waals surface area (Å²) >= 11 is 3.37. The van der Waals surface area contributed by atoms with Gasteiger partial charge in [0.25, 0.3) is 0 Å². The summed E-state index contributed by atoms with van der Waals surface area (Å²) in [4.78, 5) is 35.6. The average Bonchev–Trinajstić information content (AvgIpc) is 2.71. The maximum atomic E-state index is 12.0. The molecule has 0 saturated heterocycles. The molecule has 3 amide bonds. The maximum Gasteiger partial charge on any atom is 0.407 e. The first-order valence-corrected chi connectivity index (χ1v) is 11.0. The van der Waals surface area contributed by atoms with Crippen LogP contribution >= 0.6 is 15.9 Å². The van der Waals surface area contributed by atoms with Gasteiger partial charge in [-0.15, -0.1) is 0 Å². The molecule has 2 aromatic rings. The Labute approximate surface area is 196 Å². The van der Waals surface area contributed by atoms with Gasteiger partial charge in [-0.1, -0.05) is 40.2 Å². The van der Waals surface area contributed by atoms with Crippen molar-refractivity contribution in [2.75, 3.05) is 11.9 Å². The number of hydrogen-bond donors (Lipinski definition) is 3. The molecule has 32 heavy (non-hydrogen) atoms. The molecular formula is C24H28BrN3O4. The number of alkyl carbamates (subject to hydrolysis) is 1. The van der Waals surface area contributed by atoms with Crippen molar-refractivity contribution in [1.29, 1.82) is 0 Å². The summed E-state index contributed by atoms with van der Waals surface area (Å²) in [6, 6.07) is 14.8. The van der Waals surface area contributed by atoms with Gasteiger partial charge in [-0.25, -0.2) is 4.79 Å². The number of halogens is 1. The minimum absolute atomic E-state index is 0.127. The van der Waals surface area contributed by atoms with E-state index in [9.17, 15) is 14.4 Å². The van der Waals surface area contributed by atoms with E-state index >= 15 is 0 Å². The van der Waals surface area contributed by atoms with Crippen LogP contribution in [0.3, 0.4) is 0 Å². The van der Waals surface area contributed by atoms with Crippen molar-refractivity contribution in [3.05, 3.63) is 70.2 Å². The average molecular weight is 502 g/mol. The predicted octanol–water partition coefficient (Wildman–Crippen LogP) is 4.63. The van der Waals surface area contributed by atoms with Crippen LogP contribution in [0.4, 0.5) is 10.5 Å². The molecule has 0 aliphatic carbocycles. The lowest BCUT2D eigenvalue weighted by Crippen LogP contribution is -2.34. The standard InChI is InChI=1S/C24H28BrN3O4/c1-24(2,3)32-23(31)26-15-14-22(30)28-20-11-6-18(7-12-20)16-27-21(29)13-8-17-4-9-19(25)10-5-17/h4-13H,14-16H2,1-3H3,(H,26,31)(H,27,29)(H,28,30)/b13-8+.